The molecule has 2 aromatic carbocycles. The maximum atomic E-state index is 13.9. The maximum absolute atomic E-state index is 13.9. The molecule has 94 heavy (non-hydrogen) atoms. The fraction of sp³-hybridized carbons (Fsp3) is 0.600. The second-order valence-electron chi connectivity index (χ2n) is 24.2. The summed E-state index contributed by atoms with van der Waals surface area (Å²) in [4.78, 5) is 136. The van der Waals surface area contributed by atoms with Crippen LogP contribution in [0.5, 0.6) is 5.75 Å². The van der Waals surface area contributed by atoms with Crippen molar-refractivity contribution in [2.75, 3.05) is 144 Å². The molecule has 0 spiro atoms. The van der Waals surface area contributed by atoms with Gasteiger partial charge in [-0.1, -0.05) is 36.2 Å². The van der Waals surface area contributed by atoms with Gasteiger partial charge in [0.15, 0.2) is 0 Å². The standard InChI is InChI=1S/C65H92F2N14O13/c1-47-14-16-49(17-15-47)10-8-12-56(82)73-48(2)69-21-7-5-11-55(74-57(83)42-76-25-27-77(43-60(86)87)29-31-79(45-62(90)91)32-30-78(28-26-76)44-61(88)89)64(93)71-22-6-3-4-13-58(84)80-35-33-75(34-36-80)24-9-37-94-51-18-19-54-53(38-51)52(20-23-70-54)63(92)72-41-59(85)81-46-65(66,67)39-50(81)40-68/h14-20,23,38,50,55H,3-13,21-22,24-37,39,41-46H2,1-2H3,(H,71,93)(H,72,92)(H,74,83)(H,86,87)(H,88,89)(H,90,91)(H,69,73,82)/t50-,55?/m1/s1. The van der Waals surface area contributed by atoms with Crippen LogP contribution < -0.4 is 26.0 Å². The minimum Gasteiger partial charge on any atom is -0.494 e. The third-order valence-electron chi connectivity index (χ3n) is 16.7. The number of pyridine rings is 1. The van der Waals surface area contributed by atoms with E-state index in [1.807, 2.05) is 24.0 Å². The van der Waals surface area contributed by atoms with Gasteiger partial charge in [-0.3, -0.25) is 77.6 Å². The molecule has 3 saturated heterocycles. The van der Waals surface area contributed by atoms with Crippen LogP contribution in [-0.2, 0) is 44.8 Å². The number of halogens is 2. The van der Waals surface area contributed by atoms with E-state index in [0.29, 0.717) is 126 Å². The van der Waals surface area contributed by atoms with Crippen LogP contribution in [0.3, 0.4) is 0 Å². The number of likely N-dealkylation sites (tertiary alicyclic amines) is 1. The van der Waals surface area contributed by atoms with Crippen molar-refractivity contribution < 1.29 is 72.0 Å². The number of carboxylic acids is 3. The zero-order valence-electron chi connectivity index (χ0n) is 54.0. The first kappa shape index (κ1) is 74.7. The number of benzene rings is 2. The van der Waals surface area contributed by atoms with Gasteiger partial charge in [-0.05, 0) is 95.0 Å². The summed E-state index contributed by atoms with van der Waals surface area (Å²) in [6.07, 6.45) is 6.67. The van der Waals surface area contributed by atoms with Crippen LogP contribution in [0.2, 0.25) is 0 Å². The van der Waals surface area contributed by atoms with E-state index in [9.17, 15) is 72.5 Å². The predicted molar refractivity (Wildman–Crippen MR) is 344 cm³/mol. The molecule has 6 amide bonds. The van der Waals surface area contributed by atoms with Gasteiger partial charge in [0.25, 0.3) is 11.8 Å². The average molecular weight is 1320 g/mol. The van der Waals surface area contributed by atoms with Crippen LogP contribution in [0, 0.1) is 18.3 Å². The number of aryl methyl sites for hydroxylation is 2. The number of aliphatic imine (C=N–C) groups is 1. The minimum atomic E-state index is -3.18. The number of hydrogen-bond donors (Lipinski definition) is 7. The summed E-state index contributed by atoms with van der Waals surface area (Å²) < 4.78 is 33.9. The fourth-order valence-electron chi connectivity index (χ4n) is 11.4. The molecular weight excluding hydrogens is 1220 g/mol. The normalized spacial score (nSPS) is 17.6. The van der Waals surface area contributed by atoms with Crippen LogP contribution in [0.1, 0.15) is 99.0 Å². The molecule has 27 nitrogen and oxygen atoms in total. The molecule has 4 heterocycles. The van der Waals surface area contributed by atoms with E-state index in [1.165, 1.54) is 17.8 Å². The molecule has 3 aromatic rings. The number of nitriles is 1. The van der Waals surface area contributed by atoms with Crippen LogP contribution in [0.4, 0.5) is 8.78 Å². The number of ether oxygens (including phenoxy) is 1. The number of carbonyl (C=O) groups is 9. The summed E-state index contributed by atoms with van der Waals surface area (Å²) in [6, 6.07) is 14.3. The highest BCUT2D eigenvalue weighted by atomic mass is 19.3. The van der Waals surface area contributed by atoms with E-state index in [0.717, 1.165) is 23.4 Å². The highest BCUT2D eigenvalue weighted by molar-refractivity contribution is 6.07. The summed E-state index contributed by atoms with van der Waals surface area (Å²) in [5.41, 5.74) is 3.04. The molecule has 6 rings (SSSR count). The Morgan fingerprint density at radius 1 is 0.702 bits per heavy atom. The Kier molecular flexibility index (Phi) is 30.8. The third kappa shape index (κ3) is 27.0. The Labute approximate surface area is 547 Å². The quantitative estimate of drug-likeness (QED) is 0.0261. The van der Waals surface area contributed by atoms with Crippen molar-refractivity contribution in [2.24, 2.45) is 4.99 Å². The second-order valence-corrected chi connectivity index (χ2v) is 24.2. The Morgan fingerprint density at radius 3 is 1.94 bits per heavy atom. The van der Waals surface area contributed by atoms with E-state index in [4.69, 9.17) is 4.74 Å². The van der Waals surface area contributed by atoms with Crippen molar-refractivity contribution in [3.05, 3.63) is 71.4 Å². The molecule has 1 unspecified atom stereocenters. The van der Waals surface area contributed by atoms with Crippen molar-refractivity contribution >= 4 is 70.1 Å². The van der Waals surface area contributed by atoms with Gasteiger partial charge in [-0.2, -0.15) is 5.26 Å². The monoisotopic (exact) mass is 1310 g/mol. The first-order valence-corrected chi connectivity index (χ1v) is 32.4. The molecule has 7 N–H and O–H groups in total. The smallest absolute Gasteiger partial charge is 0.317 e. The van der Waals surface area contributed by atoms with Crippen LogP contribution >= 0.6 is 0 Å². The SMILES string of the molecule is CC(=NCCCCC(NC(=O)CN1CCN(CC(=O)O)CCN(CC(=O)O)CCN(CC(=O)O)CC1)C(=O)NCCCCCC(=O)N1CCN(CCCOc2ccc3nccc(C(=O)NCC(=O)N4CC(F)(F)C[C@@H]4C#N)c3c2)CC1)NC(=O)CCCc1ccc(C)cc1. The average Bonchev–Trinajstić information content (AvgIpc) is 1.02. The van der Waals surface area contributed by atoms with E-state index in [1.54, 1.807) is 50.8 Å². The highest BCUT2D eigenvalue weighted by Crippen LogP contribution is 2.32. The van der Waals surface area contributed by atoms with E-state index in [2.05, 4.69) is 48.3 Å². The Balaban J connectivity index is 0.932. The summed E-state index contributed by atoms with van der Waals surface area (Å²) in [5.74, 6) is -7.78. The van der Waals surface area contributed by atoms with Gasteiger partial charge in [-0.15, -0.1) is 0 Å². The number of aromatic nitrogens is 1. The van der Waals surface area contributed by atoms with Gasteiger partial charge in [0.05, 0.1) is 68.9 Å². The lowest BCUT2D eigenvalue weighted by atomic mass is 10.1. The lowest BCUT2D eigenvalue weighted by Crippen LogP contribution is -2.52. The number of alkyl halides is 2. The van der Waals surface area contributed by atoms with E-state index < -0.39 is 79.1 Å². The predicted octanol–water partition coefficient (Wildman–Crippen LogP) is 2.31. The molecule has 29 heteroatoms. The molecule has 0 radical (unpaired) electrons. The second kappa shape index (κ2) is 38.8. The Hall–Kier alpha value is -8.30. The summed E-state index contributed by atoms with van der Waals surface area (Å²) in [5, 5.41) is 49.8. The largest absolute Gasteiger partial charge is 0.494 e. The number of unbranched alkanes of at least 4 members (excludes halogenated alkanes) is 3. The van der Waals surface area contributed by atoms with E-state index in [-0.39, 0.29) is 102 Å². The number of carbonyl (C=O) groups excluding carboxylic acids is 6. The number of fused-ring (bicyclic) bond motifs is 1. The lowest BCUT2D eigenvalue weighted by molar-refractivity contribution is -0.140. The van der Waals surface area contributed by atoms with Gasteiger partial charge in [0.1, 0.15) is 17.8 Å². The molecule has 2 atom stereocenters. The number of nitrogens with zero attached hydrogens (tertiary/aromatic N) is 10. The molecular formula is C65H92F2N14O13. The van der Waals surface area contributed by atoms with Gasteiger partial charge < -0.3 is 51.1 Å². The summed E-state index contributed by atoms with van der Waals surface area (Å²) in [6.45, 7) is 7.14. The molecule has 0 aliphatic carbocycles. The van der Waals surface area contributed by atoms with Crippen molar-refractivity contribution in [1.82, 2.24) is 60.6 Å². The van der Waals surface area contributed by atoms with Crippen LogP contribution in [0.15, 0.2) is 59.7 Å². The van der Waals surface area contributed by atoms with Crippen LogP contribution in [0.25, 0.3) is 10.9 Å². The van der Waals surface area contributed by atoms with Gasteiger partial charge in [0.2, 0.25) is 29.5 Å². The van der Waals surface area contributed by atoms with Crippen molar-refractivity contribution in [1.29, 1.82) is 5.26 Å². The zero-order valence-corrected chi connectivity index (χ0v) is 54.0. The first-order chi connectivity index (χ1) is 45.0. The minimum absolute atomic E-state index is 0.0451. The van der Waals surface area contributed by atoms with Crippen molar-refractivity contribution in [3.8, 4) is 11.8 Å². The lowest BCUT2D eigenvalue weighted by Gasteiger charge is -2.34. The molecule has 0 bridgehead atoms. The number of amides is 6. The van der Waals surface area contributed by atoms with Crippen LogP contribution in [-0.4, -0.2) is 276 Å². The van der Waals surface area contributed by atoms with E-state index >= 15 is 0 Å². The maximum Gasteiger partial charge on any atom is 0.317 e. The number of piperazine rings is 1. The zero-order chi connectivity index (χ0) is 68.0. The first-order valence-electron chi connectivity index (χ1n) is 32.4. The summed E-state index contributed by atoms with van der Waals surface area (Å²) in [7, 11) is 0. The molecule has 1 aromatic heterocycles. The van der Waals surface area contributed by atoms with Gasteiger partial charge >= 0.3 is 17.9 Å². The number of hydrogen-bond acceptors (Lipinski definition) is 18. The third-order valence-corrected chi connectivity index (χ3v) is 16.7. The van der Waals surface area contributed by atoms with Crippen molar-refractivity contribution in [3.63, 3.8) is 0 Å². The van der Waals surface area contributed by atoms with Gasteiger partial charge in [-0.25, -0.2) is 8.78 Å². The molecule has 3 aliphatic heterocycles. The Morgan fingerprint density at radius 2 is 1.32 bits per heavy atom. The molecule has 3 fully saturated rings. The Bertz CT molecular complexity index is 3080. The van der Waals surface area contributed by atoms with Gasteiger partial charge in [0, 0.05) is 129 Å². The number of carboxylic acid groups (broad SMARTS) is 3. The number of amidine groups is 1. The molecule has 514 valence electrons. The molecule has 3 aliphatic rings. The summed E-state index contributed by atoms with van der Waals surface area (Å²) >= 11 is 0. The topological polar surface area (TPSA) is 343 Å². The highest BCUT2D eigenvalue weighted by Gasteiger charge is 2.47. The number of nitrogens with one attached hydrogen (secondary N) is 4. The fourth-order valence-corrected chi connectivity index (χ4v) is 11.4. The number of rotatable bonds is 33. The number of aliphatic carboxylic acids is 3. The molecule has 0 saturated carbocycles. The van der Waals surface area contributed by atoms with Crippen molar-refractivity contribution in [2.45, 2.75) is 109 Å².